The zero-order valence-corrected chi connectivity index (χ0v) is 13.6. The van der Waals surface area contributed by atoms with E-state index in [4.69, 9.17) is 0 Å². The third kappa shape index (κ3) is 3.68. The molecule has 24 heavy (non-hydrogen) atoms. The lowest BCUT2D eigenvalue weighted by Gasteiger charge is -2.16. The maximum Gasteiger partial charge on any atom is 0.252 e. The number of imidazole rings is 1. The van der Waals surface area contributed by atoms with Crippen molar-refractivity contribution in [2.45, 2.75) is 19.3 Å². The quantitative estimate of drug-likeness (QED) is 0.759. The van der Waals surface area contributed by atoms with Crippen molar-refractivity contribution in [1.29, 1.82) is 0 Å². The first-order chi connectivity index (χ1) is 11.8. The number of carbonyl (C=O) groups is 1. The van der Waals surface area contributed by atoms with Gasteiger partial charge < -0.3 is 5.32 Å². The van der Waals surface area contributed by atoms with Gasteiger partial charge in [0.15, 0.2) is 0 Å². The van der Waals surface area contributed by atoms with Crippen molar-refractivity contribution in [3.63, 3.8) is 0 Å². The molecule has 0 aliphatic carbocycles. The molecule has 0 bridgehead atoms. The predicted octanol–water partition coefficient (Wildman–Crippen LogP) is 3.19. The second kappa shape index (κ2) is 7.55. The van der Waals surface area contributed by atoms with Crippen LogP contribution in [0.2, 0.25) is 0 Å². The van der Waals surface area contributed by atoms with E-state index in [1.807, 2.05) is 30.5 Å². The van der Waals surface area contributed by atoms with Crippen molar-refractivity contribution in [2.75, 3.05) is 6.54 Å². The molecule has 1 unspecified atom stereocenters. The number of carbonyl (C=O) groups excluding carboxylic acids is 1. The van der Waals surface area contributed by atoms with Crippen LogP contribution in [-0.2, 0) is 0 Å². The summed E-state index contributed by atoms with van der Waals surface area (Å²) in [7, 11) is 0. The first-order valence-corrected chi connectivity index (χ1v) is 8.05. The van der Waals surface area contributed by atoms with Crippen LogP contribution < -0.4 is 5.32 Å². The van der Waals surface area contributed by atoms with Gasteiger partial charge in [-0.05, 0) is 24.1 Å². The number of pyridine rings is 1. The number of aromatic nitrogens is 3. The summed E-state index contributed by atoms with van der Waals surface area (Å²) in [5, 5.41) is 3.00. The Bertz CT molecular complexity index is 767. The van der Waals surface area contributed by atoms with Gasteiger partial charge in [-0.1, -0.05) is 37.3 Å². The van der Waals surface area contributed by atoms with Crippen LogP contribution in [-0.4, -0.2) is 27.0 Å². The largest absolute Gasteiger partial charge is 0.351 e. The number of nitrogens with zero attached hydrogens (tertiary/aromatic N) is 3. The van der Waals surface area contributed by atoms with Gasteiger partial charge in [0.1, 0.15) is 12.1 Å². The first kappa shape index (κ1) is 15.9. The van der Waals surface area contributed by atoms with Gasteiger partial charge in [0.05, 0.1) is 5.56 Å². The molecule has 0 aliphatic heterocycles. The second-order valence-corrected chi connectivity index (χ2v) is 5.60. The molecule has 1 amide bonds. The average Bonchev–Trinajstić information content (AvgIpc) is 3.18. The van der Waals surface area contributed by atoms with Crippen LogP contribution in [0.1, 0.15) is 35.2 Å². The third-order valence-corrected chi connectivity index (χ3v) is 4.05. The molecule has 5 nitrogen and oxygen atoms in total. The summed E-state index contributed by atoms with van der Waals surface area (Å²) in [5.74, 6) is 0.946. The van der Waals surface area contributed by atoms with Gasteiger partial charge in [0.2, 0.25) is 0 Å². The normalized spacial score (nSPS) is 11.9. The van der Waals surface area contributed by atoms with E-state index in [9.17, 15) is 4.79 Å². The molecule has 1 aromatic carbocycles. The minimum absolute atomic E-state index is 0.103. The molecule has 5 heteroatoms. The fraction of sp³-hybridized carbons (Fsp3) is 0.211. The predicted molar refractivity (Wildman–Crippen MR) is 93.2 cm³/mol. The zero-order chi connectivity index (χ0) is 16.8. The lowest BCUT2D eigenvalue weighted by molar-refractivity contribution is 0.0950. The smallest absolute Gasteiger partial charge is 0.252 e. The van der Waals surface area contributed by atoms with E-state index in [0.717, 1.165) is 12.2 Å². The second-order valence-electron chi connectivity index (χ2n) is 5.60. The Hall–Kier alpha value is -2.95. The van der Waals surface area contributed by atoms with Crippen molar-refractivity contribution in [3.05, 3.63) is 78.5 Å². The molecule has 1 atom stereocenters. The molecule has 1 N–H and O–H groups in total. The summed E-state index contributed by atoms with van der Waals surface area (Å²) in [6.45, 7) is 2.74. The Morgan fingerprint density at radius 3 is 2.67 bits per heavy atom. The van der Waals surface area contributed by atoms with Gasteiger partial charge in [0, 0.05) is 31.1 Å². The van der Waals surface area contributed by atoms with Crippen LogP contribution in [0.15, 0.2) is 67.4 Å². The maximum atomic E-state index is 12.3. The van der Waals surface area contributed by atoms with E-state index in [-0.39, 0.29) is 5.91 Å². The minimum atomic E-state index is -0.103. The Labute approximate surface area is 141 Å². The summed E-state index contributed by atoms with van der Waals surface area (Å²) >= 11 is 0. The molecule has 0 spiro atoms. The van der Waals surface area contributed by atoms with Gasteiger partial charge in [0.25, 0.3) is 5.91 Å². The van der Waals surface area contributed by atoms with E-state index >= 15 is 0 Å². The molecule has 0 radical (unpaired) electrons. The van der Waals surface area contributed by atoms with Crippen LogP contribution in [0.5, 0.6) is 0 Å². The Balaban J connectivity index is 1.62. The Morgan fingerprint density at radius 1 is 1.21 bits per heavy atom. The molecule has 122 valence electrons. The number of nitrogens with one attached hydrogen (secondary N) is 1. The monoisotopic (exact) mass is 320 g/mol. The number of benzene rings is 1. The standard InChI is InChI=1S/C19H20N4O/c1-2-15(16-6-4-3-5-7-16)12-22-19(24)17-8-9-18(21-13-17)23-11-10-20-14-23/h3-11,13-15H,2,12H2,1H3,(H,22,24). The topological polar surface area (TPSA) is 59.8 Å². The van der Waals surface area contributed by atoms with Crippen molar-refractivity contribution >= 4 is 5.91 Å². The SMILES string of the molecule is CCC(CNC(=O)c1ccc(-n2ccnc2)nc1)c1ccccc1. The molecule has 0 saturated heterocycles. The van der Waals surface area contributed by atoms with E-state index in [2.05, 4.69) is 34.3 Å². The van der Waals surface area contributed by atoms with Gasteiger partial charge in [-0.3, -0.25) is 9.36 Å². The Kier molecular flexibility index (Phi) is 5.01. The number of hydrogen-bond acceptors (Lipinski definition) is 3. The fourth-order valence-electron chi connectivity index (χ4n) is 2.61. The van der Waals surface area contributed by atoms with Crippen LogP contribution in [0.4, 0.5) is 0 Å². The first-order valence-electron chi connectivity index (χ1n) is 8.05. The van der Waals surface area contributed by atoms with Crippen LogP contribution in [0.25, 0.3) is 5.82 Å². The highest BCUT2D eigenvalue weighted by Crippen LogP contribution is 2.18. The van der Waals surface area contributed by atoms with Gasteiger partial charge >= 0.3 is 0 Å². The van der Waals surface area contributed by atoms with Crippen molar-refractivity contribution in [3.8, 4) is 5.82 Å². The number of hydrogen-bond donors (Lipinski definition) is 1. The highest BCUT2D eigenvalue weighted by molar-refractivity contribution is 5.93. The molecule has 0 saturated carbocycles. The van der Waals surface area contributed by atoms with Gasteiger partial charge in [-0.2, -0.15) is 0 Å². The van der Waals surface area contributed by atoms with E-state index in [0.29, 0.717) is 18.0 Å². The van der Waals surface area contributed by atoms with Crippen molar-refractivity contribution in [2.24, 2.45) is 0 Å². The highest BCUT2D eigenvalue weighted by Gasteiger charge is 2.12. The zero-order valence-electron chi connectivity index (χ0n) is 13.6. The molecule has 0 fully saturated rings. The summed E-state index contributed by atoms with van der Waals surface area (Å²) in [4.78, 5) is 20.6. The molecular formula is C19H20N4O. The summed E-state index contributed by atoms with van der Waals surface area (Å²) < 4.78 is 1.80. The molecule has 0 aliphatic rings. The van der Waals surface area contributed by atoms with E-state index in [1.54, 1.807) is 29.4 Å². The minimum Gasteiger partial charge on any atom is -0.351 e. The third-order valence-electron chi connectivity index (χ3n) is 4.05. The molecule has 3 rings (SSSR count). The fourth-order valence-corrected chi connectivity index (χ4v) is 2.61. The van der Waals surface area contributed by atoms with Crippen LogP contribution >= 0.6 is 0 Å². The lowest BCUT2D eigenvalue weighted by atomic mass is 9.96. The van der Waals surface area contributed by atoms with Gasteiger partial charge in [-0.15, -0.1) is 0 Å². The van der Waals surface area contributed by atoms with E-state index in [1.165, 1.54) is 5.56 Å². The maximum absolute atomic E-state index is 12.3. The van der Waals surface area contributed by atoms with Crippen molar-refractivity contribution in [1.82, 2.24) is 19.9 Å². The number of rotatable bonds is 6. The van der Waals surface area contributed by atoms with E-state index < -0.39 is 0 Å². The summed E-state index contributed by atoms with van der Waals surface area (Å²) in [5.41, 5.74) is 1.80. The number of amides is 1. The molecular weight excluding hydrogens is 300 g/mol. The Morgan fingerprint density at radius 2 is 2.04 bits per heavy atom. The molecule has 2 aromatic heterocycles. The highest BCUT2D eigenvalue weighted by atomic mass is 16.1. The van der Waals surface area contributed by atoms with Gasteiger partial charge in [-0.25, -0.2) is 9.97 Å². The lowest BCUT2D eigenvalue weighted by Crippen LogP contribution is -2.28. The van der Waals surface area contributed by atoms with Crippen LogP contribution in [0.3, 0.4) is 0 Å². The summed E-state index contributed by atoms with van der Waals surface area (Å²) in [6, 6.07) is 13.8. The summed E-state index contributed by atoms with van der Waals surface area (Å²) in [6.07, 6.45) is 7.74. The molecule has 3 aromatic rings. The van der Waals surface area contributed by atoms with Crippen molar-refractivity contribution < 1.29 is 4.79 Å². The molecule has 2 heterocycles. The van der Waals surface area contributed by atoms with Crippen LogP contribution in [0, 0.1) is 0 Å². The average molecular weight is 320 g/mol.